The zero-order valence-corrected chi connectivity index (χ0v) is 14.9. The maximum Gasteiger partial charge on any atom is 0.166 e. The summed E-state index contributed by atoms with van der Waals surface area (Å²) < 4.78 is 17.3. The van der Waals surface area contributed by atoms with Crippen LogP contribution in [0.4, 0.5) is 11.4 Å². The molecule has 26 heavy (non-hydrogen) atoms. The van der Waals surface area contributed by atoms with E-state index < -0.39 is 0 Å². The Morgan fingerprint density at radius 1 is 0.731 bits per heavy atom. The molecular formula is C22H21NO3. The first-order chi connectivity index (χ1) is 12.8. The molecule has 3 aromatic rings. The lowest BCUT2D eigenvalue weighted by molar-refractivity contribution is 0.279. The predicted octanol–water partition coefficient (Wildman–Crippen LogP) is 4.93. The van der Waals surface area contributed by atoms with Gasteiger partial charge in [-0.3, -0.25) is 0 Å². The van der Waals surface area contributed by atoms with Gasteiger partial charge in [-0.05, 0) is 24.3 Å². The Hall–Kier alpha value is -3.14. The minimum absolute atomic E-state index is 0.481. The second-order valence-electron chi connectivity index (χ2n) is 6.12. The molecule has 0 N–H and O–H groups in total. The Bertz CT molecular complexity index is 912. The number of anilines is 2. The number of methoxy groups -OCH3 is 2. The first-order valence-electron chi connectivity index (χ1n) is 8.59. The number of hydrogen-bond donors (Lipinski definition) is 0. The molecule has 132 valence electrons. The van der Waals surface area contributed by atoms with Crippen LogP contribution in [0.3, 0.4) is 0 Å². The molecule has 0 aromatic heterocycles. The van der Waals surface area contributed by atoms with Gasteiger partial charge in [-0.15, -0.1) is 0 Å². The molecule has 1 aliphatic rings. The highest BCUT2D eigenvalue weighted by molar-refractivity contribution is 5.72. The molecule has 0 unspecified atom stereocenters. The Morgan fingerprint density at radius 3 is 2.19 bits per heavy atom. The van der Waals surface area contributed by atoms with Crippen molar-refractivity contribution in [3.05, 3.63) is 77.9 Å². The minimum Gasteiger partial charge on any atom is -0.495 e. The standard InChI is InChI=1S/C22H21NO3/c1-24-20-12-6-5-11-19(20)23-14-16-9-7-13-21(25-2)22(16)26-15-17-8-3-4-10-18(17)23/h3-13H,14-15H2,1-2H3. The van der Waals surface area contributed by atoms with E-state index in [9.17, 15) is 0 Å². The van der Waals surface area contributed by atoms with Crippen molar-refractivity contribution in [3.63, 3.8) is 0 Å². The monoisotopic (exact) mass is 347 g/mol. The SMILES string of the molecule is COc1ccccc1N1Cc2cccc(OC)c2OCc2ccccc21. The molecule has 4 nitrogen and oxygen atoms in total. The van der Waals surface area contributed by atoms with Gasteiger partial charge in [0.1, 0.15) is 12.4 Å². The molecule has 0 radical (unpaired) electrons. The summed E-state index contributed by atoms with van der Waals surface area (Å²) >= 11 is 0. The van der Waals surface area contributed by atoms with Crippen LogP contribution < -0.4 is 19.1 Å². The molecule has 1 aliphatic heterocycles. The van der Waals surface area contributed by atoms with Crippen LogP contribution in [0, 0.1) is 0 Å². The molecule has 4 heteroatoms. The smallest absolute Gasteiger partial charge is 0.166 e. The fourth-order valence-electron chi connectivity index (χ4n) is 3.38. The van der Waals surface area contributed by atoms with E-state index in [2.05, 4.69) is 35.2 Å². The molecule has 0 saturated carbocycles. The highest BCUT2D eigenvalue weighted by Gasteiger charge is 2.23. The molecular weight excluding hydrogens is 326 g/mol. The summed E-state index contributed by atoms with van der Waals surface area (Å²) in [6, 6.07) is 22.4. The van der Waals surface area contributed by atoms with Crippen molar-refractivity contribution >= 4 is 11.4 Å². The van der Waals surface area contributed by atoms with Gasteiger partial charge in [0.2, 0.25) is 0 Å². The van der Waals surface area contributed by atoms with E-state index in [0.717, 1.165) is 39.8 Å². The summed E-state index contributed by atoms with van der Waals surface area (Å²) in [6.07, 6.45) is 0. The van der Waals surface area contributed by atoms with Gasteiger partial charge in [0.15, 0.2) is 11.5 Å². The second-order valence-corrected chi connectivity index (χ2v) is 6.12. The normalized spacial score (nSPS) is 12.9. The van der Waals surface area contributed by atoms with Crippen LogP contribution >= 0.6 is 0 Å². The van der Waals surface area contributed by atoms with Crippen molar-refractivity contribution in [2.75, 3.05) is 19.1 Å². The summed E-state index contributed by atoms with van der Waals surface area (Å²) in [4.78, 5) is 2.27. The maximum absolute atomic E-state index is 6.13. The predicted molar refractivity (Wildman–Crippen MR) is 103 cm³/mol. The minimum atomic E-state index is 0.481. The van der Waals surface area contributed by atoms with Gasteiger partial charge in [-0.2, -0.15) is 0 Å². The van der Waals surface area contributed by atoms with Gasteiger partial charge in [0.05, 0.1) is 26.5 Å². The number of benzene rings is 3. The number of ether oxygens (including phenoxy) is 3. The molecule has 0 aliphatic carbocycles. The highest BCUT2D eigenvalue weighted by Crippen LogP contribution is 2.41. The molecule has 3 aromatic carbocycles. The zero-order valence-electron chi connectivity index (χ0n) is 14.9. The van der Waals surface area contributed by atoms with E-state index in [0.29, 0.717) is 13.2 Å². The molecule has 0 atom stereocenters. The summed E-state index contributed by atoms with van der Waals surface area (Å²) in [5.74, 6) is 2.39. The van der Waals surface area contributed by atoms with Crippen LogP contribution in [0.15, 0.2) is 66.7 Å². The molecule has 0 saturated heterocycles. The average molecular weight is 347 g/mol. The Kier molecular flexibility index (Phi) is 4.40. The molecule has 0 spiro atoms. The van der Waals surface area contributed by atoms with E-state index in [1.165, 1.54) is 0 Å². The van der Waals surface area contributed by atoms with Gasteiger partial charge in [-0.1, -0.05) is 42.5 Å². The van der Waals surface area contributed by atoms with Gasteiger partial charge < -0.3 is 19.1 Å². The Balaban J connectivity index is 1.89. The summed E-state index contributed by atoms with van der Waals surface area (Å²) in [5, 5.41) is 0. The van der Waals surface area contributed by atoms with E-state index in [1.807, 2.05) is 36.4 Å². The third-order valence-electron chi connectivity index (χ3n) is 4.64. The van der Waals surface area contributed by atoms with Gasteiger partial charge >= 0.3 is 0 Å². The van der Waals surface area contributed by atoms with Crippen LogP contribution in [0.5, 0.6) is 17.2 Å². The van der Waals surface area contributed by atoms with Crippen LogP contribution in [0.1, 0.15) is 11.1 Å². The number of hydrogen-bond acceptors (Lipinski definition) is 4. The van der Waals surface area contributed by atoms with Crippen molar-refractivity contribution in [1.29, 1.82) is 0 Å². The Morgan fingerprint density at radius 2 is 1.38 bits per heavy atom. The lowest BCUT2D eigenvalue weighted by atomic mass is 10.1. The third kappa shape index (κ3) is 2.84. The number of rotatable bonds is 3. The highest BCUT2D eigenvalue weighted by atomic mass is 16.5. The Labute approximate surface area is 153 Å². The van der Waals surface area contributed by atoms with Crippen molar-refractivity contribution < 1.29 is 14.2 Å². The molecule has 0 bridgehead atoms. The maximum atomic E-state index is 6.13. The zero-order chi connectivity index (χ0) is 17.9. The van der Waals surface area contributed by atoms with Crippen LogP contribution in [-0.2, 0) is 13.2 Å². The fraction of sp³-hybridized carbons (Fsp3) is 0.182. The van der Waals surface area contributed by atoms with Crippen LogP contribution in [0.25, 0.3) is 0 Å². The topological polar surface area (TPSA) is 30.9 Å². The van der Waals surface area contributed by atoms with Crippen LogP contribution in [0.2, 0.25) is 0 Å². The van der Waals surface area contributed by atoms with Crippen molar-refractivity contribution in [2.45, 2.75) is 13.2 Å². The van der Waals surface area contributed by atoms with E-state index in [-0.39, 0.29) is 0 Å². The second kappa shape index (κ2) is 7.00. The lowest BCUT2D eigenvalue weighted by Gasteiger charge is -2.31. The summed E-state index contributed by atoms with van der Waals surface area (Å²) in [5.41, 5.74) is 4.34. The van der Waals surface area contributed by atoms with Crippen molar-refractivity contribution in [2.24, 2.45) is 0 Å². The average Bonchev–Trinajstić information content (AvgIpc) is 2.69. The van der Waals surface area contributed by atoms with E-state index in [1.54, 1.807) is 14.2 Å². The quantitative estimate of drug-likeness (QED) is 0.672. The van der Waals surface area contributed by atoms with Gasteiger partial charge in [-0.25, -0.2) is 0 Å². The van der Waals surface area contributed by atoms with Gasteiger partial charge in [0, 0.05) is 16.8 Å². The molecule has 0 fully saturated rings. The molecule has 1 heterocycles. The van der Waals surface area contributed by atoms with E-state index >= 15 is 0 Å². The number of fused-ring (bicyclic) bond motifs is 2. The lowest BCUT2D eigenvalue weighted by Crippen LogP contribution is -2.22. The van der Waals surface area contributed by atoms with Gasteiger partial charge in [0.25, 0.3) is 0 Å². The third-order valence-corrected chi connectivity index (χ3v) is 4.64. The fourth-order valence-corrected chi connectivity index (χ4v) is 3.38. The molecule has 0 amide bonds. The van der Waals surface area contributed by atoms with Crippen LogP contribution in [-0.4, -0.2) is 14.2 Å². The van der Waals surface area contributed by atoms with Crippen molar-refractivity contribution in [1.82, 2.24) is 0 Å². The number of para-hydroxylation sites is 4. The first-order valence-corrected chi connectivity index (χ1v) is 8.59. The first kappa shape index (κ1) is 16.3. The van der Waals surface area contributed by atoms with E-state index in [4.69, 9.17) is 14.2 Å². The molecule has 4 rings (SSSR count). The summed E-state index contributed by atoms with van der Waals surface area (Å²) in [6.45, 7) is 1.14. The number of nitrogens with zero attached hydrogens (tertiary/aromatic N) is 1. The largest absolute Gasteiger partial charge is 0.495 e. The van der Waals surface area contributed by atoms with Crippen molar-refractivity contribution in [3.8, 4) is 17.2 Å². The summed E-state index contributed by atoms with van der Waals surface area (Å²) in [7, 11) is 3.37.